The van der Waals surface area contributed by atoms with Crippen LogP contribution in [0.4, 0.5) is 0 Å². The standard InChI is InChI=1S/C29H23N3S3/c1-16-7-5-8-17(2)25(16)22-12-11-21(33-22)20-15-30-28(29-27(20)31-35-32-29)24-14-13-23(34-24)26-18(3)9-6-10-19(26)4/h5-15H,1-4H3. The van der Waals surface area contributed by atoms with Crippen LogP contribution in [0.25, 0.3) is 52.9 Å². The summed E-state index contributed by atoms with van der Waals surface area (Å²) in [7, 11) is 0. The first-order valence-corrected chi connectivity index (χ1v) is 13.8. The highest BCUT2D eigenvalue weighted by Gasteiger charge is 2.19. The van der Waals surface area contributed by atoms with Crippen molar-refractivity contribution in [1.29, 1.82) is 0 Å². The lowest BCUT2D eigenvalue weighted by Gasteiger charge is -2.07. The van der Waals surface area contributed by atoms with E-state index >= 15 is 0 Å². The first kappa shape index (κ1) is 22.3. The minimum atomic E-state index is 0.879. The molecule has 172 valence electrons. The lowest BCUT2D eigenvalue weighted by Crippen LogP contribution is -1.87. The molecule has 0 saturated heterocycles. The maximum Gasteiger partial charge on any atom is 0.132 e. The second-order valence-electron chi connectivity index (χ2n) is 8.84. The molecule has 0 fully saturated rings. The number of hydrogen-bond donors (Lipinski definition) is 0. The van der Waals surface area contributed by atoms with E-state index in [-0.39, 0.29) is 0 Å². The molecule has 0 bridgehead atoms. The average Bonchev–Trinajstić information content (AvgIpc) is 3.60. The van der Waals surface area contributed by atoms with Crippen LogP contribution in [0, 0.1) is 27.7 Å². The largest absolute Gasteiger partial charge is 0.252 e. The molecule has 35 heavy (non-hydrogen) atoms. The molecule has 0 spiro atoms. The van der Waals surface area contributed by atoms with Gasteiger partial charge in [-0.05, 0) is 85.3 Å². The van der Waals surface area contributed by atoms with E-state index in [4.69, 9.17) is 9.36 Å². The number of aryl methyl sites for hydroxylation is 4. The Morgan fingerprint density at radius 2 is 1.03 bits per heavy atom. The predicted molar refractivity (Wildman–Crippen MR) is 152 cm³/mol. The maximum atomic E-state index is 4.92. The highest BCUT2D eigenvalue weighted by Crippen LogP contribution is 2.42. The van der Waals surface area contributed by atoms with Crippen molar-refractivity contribution in [2.24, 2.45) is 0 Å². The zero-order valence-electron chi connectivity index (χ0n) is 19.9. The monoisotopic (exact) mass is 509 g/mol. The molecule has 0 saturated carbocycles. The van der Waals surface area contributed by atoms with Crippen molar-refractivity contribution < 1.29 is 0 Å². The van der Waals surface area contributed by atoms with Gasteiger partial charge in [0.25, 0.3) is 0 Å². The Morgan fingerprint density at radius 3 is 1.63 bits per heavy atom. The van der Waals surface area contributed by atoms with Crippen molar-refractivity contribution in [2.45, 2.75) is 27.7 Å². The second-order valence-corrected chi connectivity index (χ2v) is 11.5. The van der Waals surface area contributed by atoms with Crippen molar-refractivity contribution in [2.75, 3.05) is 0 Å². The second kappa shape index (κ2) is 8.79. The Balaban J connectivity index is 1.42. The minimum absolute atomic E-state index is 0.879. The van der Waals surface area contributed by atoms with Crippen molar-refractivity contribution in [3.8, 4) is 41.9 Å². The molecule has 0 aliphatic rings. The molecule has 6 heteroatoms. The normalized spacial score (nSPS) is 11.4. The van der Waals surface area contributed by atoms with Gasteiger partial charge in [0.2, 0.25) is 0 Å². The Labute approximate surface area is 217 Å². The van der Waals surface area contributed by atoms with Gasteiger partial charge in [0.15, 0.2) is 0 Å². The molecule has 0 aliphatic heterocycles. The Kier molecular flexibility index (Phi) is 5.60. The van der Waals surface area contributed by atoms with Gasteiger partial charge in [-0.15, -0.1) is 22.7 Å². The van der Waals surface area contributed by atoms with Gasteiger partial charge in [-0.25, -0.2) is 0 Å². The molecule has 6 aromatic rings. The van der Waals surface area contributed by atoms with E-state index in [0.29, 0.717) is 0 Å². The van der Waals surface area contributed by atoms with Gasteiger partial charge in [-0.1, -0.05) is 36.4 Å². The van der Waals surface area contributed by atoms with Crippen LogP contribution in [-0.2, 0) is 0 Å². The molecule has 2 aromatic carbocycles. The van der Waals surface area contributed by atoms with Crippen LogP contribution < -0.4 is 0 Å². The molecule has 3 nitrogen and oxygen atoms in total. The third-order valence-corrected chi connectivity index (χ3v) is 9.23. The molecule has 6 rings (SSSR count). The first-order valence-electron chi connectivity index (χ1n) is 11.5. The zero-order chi connectivity index (χ0) is 24.1. The summed E-state index contributed by atoms with van der Waals surface area (Å²) in [5.74, 6) is 0. The molecule has 4 heterocycles. The smallest absolute Gasteiger partial charge is 0.132 e. The van der Waals surface area contributed by atoms with Crippen LogP contribution >= 0.6 is 34.4 Å². The molecular weight excluding hydrogens is 487 g/mol. The molecule has 0 amide bonds. The van der Waals surface area contributed by atoms with Crippen molar-refractivity contribution in [3.05, 3.63) is 89.1 Å². The number of benzene rings is 2. The number of nitrogens with zero attached hydrogens (tertiary/aromatic N) is 3. The molecule has 0 unspecified atom stereocenters. The van der Waals surface area contributed by atoms with Gasteiger partial charge in [0.1, 0.15) is 16.7 Å². The van der Waals surface area contributed by atoms with Crippen molar-refractivity contribution in [1.82, 2.24) is 13.7 Å². The maximum absolute atomic E-state index is 4.92. The predicted octanol–water partition coefficient (Wildman–Crippen LogP) is 9.11. The molecule has 0 N–H and O–H groups in total. The minimum Gasteiger partial charge on any atom is -0.252 e. The number of hydrogen-bond acceptors (Lipinski definition) is 6. The van der Waals surface area contributed by atoms with E-state index in [1.165, 1.54) is 59.7 Å². The molecule has 0 atom stereocenters. The van der Waals surface area contributed by atoms with E-state index in [1.54, 1.807) is 22.7 Å². The fraction of sp³-hybridized carbons (Fsp3) is 0.138. The Hall–Kier alpha value is -3.19. The quantitative estimate of drug-likeness (QED) is 0.238. The summed E-state index contributed by atoms with van der Waals surface area (Å²) >= 11 is 4.82. The van der Waals surface area contributed by atoms with Crippen molar-refractivity contribution >= 4 is 45.4 Å². The van der Waals surface area contributed by atoms with Gasteiger partial charge < -0.3 is 0 Å². The van der Waals surface area contributed by atoms with Gasteiger partial charge in [0, 0.05) is 26.4 Å². The van der Waals surface area contributed by atoms with Gasteiger partial charge >= 0.3 is 0 Å². The Morgan fingerprint density at radius 1 is 0.543 bits per heavy atom. The van der Waals surface area contributed by atoms with Gasteiger partial charge in [-0.3, -0.25) is 4.98 Å². The average molecular weight is 510 g/mol. The summed E-state index contributed by atoms with van der Waals surface area (Å²) in [6.07, 6.45) is 1.97. The van der Waals surface area contributed by atoms with Gasteiger partial charge in [-0.2, -0.15) is 8.75 Å². The topological polar surface area (TPSA) is 38.7 Å². The van der Waals surface area contributed by atoms with Crippen LogP contribution in [0.3, 0.4) is 0 Å². The number of rotatable bonds is 4. The molecule has 0 aliphatic carbocycles. The van der Waals surface area contributed by atoms with E-state index in [0.717, 1.165) is 27.2 Å². The van der Waals surface area contributed by atoms with Crippen molar-refractivity contribution in [3.63, 3.8) is 0 Å². The number of thiophene rings is 2. The summed E-state index contributed by atoms with van der Waals surface area (Å²) in [4.78, 5) is 9.73. The highest BCUT2D eigenvalue weighted by molar-refractivity contribution is 7.19. The summed E-state index contributed by atoms with van der Waals surface area (Å²) in [5.41, 5.74) is 11.6. The van der Waals surface area contributed by atoms with E-state index in [2.05, 4.69) is 92.7 Å². The summed E-state index contributed by atoms with van der Waals surface area (Å²) in [5, 5.41) is 0. The van der Waals surface area contributed by atoms with E-state index < -0.39 is 0 Å². The fourth-order valence-electron chi connectivity index (χ4n) is 4.76. The van der Waals surface area contributed by atoms with Crippen LogP contribution in [0.2, 0.25) is 0 Å². The van der Waals surface area contributed by atoms with Gasteiger partial charge in [0.05, 0.1) is 16.6 Å². The third-order valence-electron chi connectivity index (χ3n) is 6.46. The summed E-state index contributed by atoms with van der Waals surface area (Å²) in [6.45, 7) is 8.69. The van der Waals surface area contributed by atoms with Crippen LogP contribution in [0.15, 0.2) is 66.9 Å². The van der Waals surface area contributed by atoms with Crippen LogP contribution in [0.1, 0.15) is 22.3 Å². The molecular formula is C29H23N3S3. The zero-order valence-corrected chi connectivity index (χ0v) is 22.4. The SMILES string of the molecule is Cc1cccc(C)c1-c1ccc(-c2cnc(-c3ccc(-c4c(C)cccc4C)s3)c3nsnc23)s1. The van der Waals surface area contributed by atoms with E-state index in [1.807, 2.05) is 6.20 Å². The first-order chi connectivity index (χ1) is 17.0. The Bertz CT molecular complexity index is 1540. The summed E-state index contributed by atoms with van der Waals surface area (Å²) in [6, 6.07) is 21.7. The van der Waals surface area contributed by atoms with Crippen LogP contribution in [0.5, 0.6) is 0 Å². The number of fused-ring (bicyclic) bond motifs is 1. The van der Waals surface area contributed by atoms with E-state index in [9.17, 15) is 0 Å². The third kappa shape index (κ3) is 3.82. The number of aromatic nitrogens is 3. The fourth-order valence-corrected chi connectivity index (χ4v) is 7.69. The highest BCUT2D eigenvalue weighted by atomic mass is 32.1. The number of pyridine rings is 1. The molecule has 4 aromatic heterocycles. The summed E-state index contributed by atoms with van der Waals surface area (Å²) < 4.78 is 9.36. The molecule has 0 radical (unpaired) electrons. The lowest BCUT2D eigenvalue weighted by atomic mass is 10.0. The van der Waals surface area contributed by atoms with Crippen LogP contribution in [-0.4, -0.2) is 13.7 Å². The lowest BCUT2D eigenvalue weighted by molar-refractivity contribution is 1.36.